The number of hydrogen-bond acceptors (Lipinski definition) is 2. The molecule has 0 saturated heterocycles. The molecule has 1 fully saturated rings. The Bertz CT molecular complexity index is 928. The molecule has 33 heavy (non-hydrogen) atoms. The second-order valence-electron chi connectivity index (χ2n) is 10.4. The van der Waals surface area contributed by atoms with Gasteiger partial charge in [0.1, 0.15) is 0 Å². The van der Waals surface area contributed by atoms with Crippen LogP contribution in [-0.4, -0.2) is 12.1 Å². The molecule has 0 radical (unpaired) electrons. The summed E-state index contributed by atoms with van der Waals surface area (Å²) in [4.78, 5) is 12.1. The maximum atomic E-state index is 12.1. The third kappa shape index (κ3) is 6.16. The van der Waals surface area contributed by atoms with Crippen molar-refractivity contribution in [2.75, 3.05) is 0 Å². The molecule has 1 atom stereocenters. The van der Waals surface area contributed by atoms with E-state index in [1.54, 1.807) is 0 Å². The van der Waals surface area contributed by atoms with E-state index in [9.17, 15) is 4.79 Å². The first kappa shape index (κ1) is 23.8. The highest BCUT2D eigenvalue weighted by molar-refractivity contribution is 5.88. The van der Waals surface area contributed by atoms with Crippen molar-refractivity contribution in [2.24, 2.45) is 5.92 Å². The predicted octanol–water partition coefficient (Wildman–Crippen LogP) is 8.57. The van der Waals surface area contributed by atoms with Gasteiger partial charge < -0.3 is 4.74 Å². The summed E-state index contributed by atoms with van der Waals surface area (Å²) in [5.74, 6) is 2.05. The van der Waals surface area contributed by atoms with Crippen molar-refractivity contribution in [3.63, 3.8) is 0 Å². The van der Waals surface area contributed by atoms with Crippen LogP contribution in [0.1, 0.15) is 102 Å². The molecule has 2 aliphatic rings. The van der Waals surface area contributed by atoms with Gasteiger partial charge in [-0.3, -0.25) is 0 Å². The molecule has 2 aliphatic carbocycles. The lowest BCUT2D eigenvalue weighted by atomic mass is 9.77. The zero-order chi connectivity index (χ0) is 23.2. The van der Waals surface area contributed by atoms with E-state index in [1.807, 2.05) is 13.8 Å². The van der Waals surface area contributed by atoms with Crippen LogP contribution in [0.3, 0.4) is 0 Å². The first-order valence-corrected chi connectivity index (χ1v) is 13.1. The first-order valence-electron chi connectivity index (χ1n) is 13.1. The summed E-state index contributed by atoms with van der Waals surface area (Å²) >= 11 is 0. The summed E-state index contributed by atoms with van der Waals surface area (Å²) < 4.78 is 5.35. The molecule has 2 aromatic carbocycles. The highest BCUT2D eigenvalue weighted by Gasteiger charge is 2.23. The molecule has 176 valence electrons. The van der Waals surface area contributed by atoms with E-state index in [4.69, 9.17) is 4.74 Å². The molecule has 1 saturated carbocycles. The largest absolute Gasteiger partial charge is 0.460 e. The van der Waals surface area contributed by atoms with E-state index in [2.05, 4.69) is 61.5 Å². The van der Waals surface area contributed by atoms with E-state index in [1.165, 1.54) is 60.8 Å². The minimum atomic E-state index is -0.142. The van der Waals surface area contributed by atoms with Crippen molar-refractivity contribution >= 4 is 5.97 Å². The fraction of sp³-hybridized carbons (Fsp3) is 0.516. The third-order valence-corrected chi connectivity index (χ3v) is 7.66. The van der Waals surface area contributed by atoms with Crippen molar-refractivity contribution in [2.45, 2.75) is 96.5 Å². The third-order valence-electron chi connectivity index (χ3n) is 7.66. The highest BCUT2D eigenvalue weighted by atomic mass is 16.5. The van der Waals surface area contributed by atoms with Crippen molar-refractivity contribution in [3.05, 3.63) is 71.3 Å². The van der Waals surface area contributed by atoms with Crippen molar-refractivity contribution < 1.29 is 9.53 Å². The van der Waals surface area contributed by atoms with Gasteiger partial charge in [-0.05, 0) is 98.8 Å². The van der Waals surface area contributed by atoms with Crippen molar-refractivity contribution in [1.82, 2.24) is 0 Å². The second-order valence-corrected chi connectivity index (χ2v) is 10.4. The highest BCUT2D eigenvalue weighted by Crippen LogP contribution is 2.38. The SMILES string of the molecule is CCCC1CCC(c2ccc(-c3ccc(C4CC=C(C(=O)OC(C)C)CC4)cc3)cc2)CC1. The number of rotatable bonds is 7. The van der Waals surface area contributed by atoms with E-state index in [-0.39, 0.29) is 12.1 Å². The van der Waals surface area contributed by atoms with Crippen LogP contribution in [0.15, 0.2) is 60.2 Å². The predicted molar refractivity (Wildman–Crippen MR) is 137 cm³/mol. The molecule has 2 heteroatoms. The minimum Gasteiger partial charge on any atom is -0.460 e. The smallest absolute Gasteiger partial charge is 0.333 e. The topological polar surface area (TPSA) is 26.3 Å². The maximum Gasteiger partial charge on any atom is 0.333 e. The Hall–Kier alpha value is -2.35. The van der Waals surface area contributed by atoms with Gasteiger partial charge >= 0.3 is 5.97 Å². The number of benzene rings is 2. The number of hydrogen-bond donors (Lipinski definition) is 0. The molecular weight excluding hydrogens is 404 g/mol. The lowest BCUT2D eigenvalue weighted by molar-refractivity contribution is -0.142. The summed E-state index contributed by atoms with van der Waals surface area (Å²) in [6.07, 6.45) is 13.0. The van der Waals surface area contributed by atoms with Gasteiger partial charge in [-0.1, -0.05) is 74.4 Å². The van der Waals surface area contributed by atoms with Crippen LogP contribution in [0.4, 0.5) is 0 Å². The van der Waals surface area contributed by atoms with E-state index < -0.39 is 0 Å². The van der Waals surface area contributed by atoms with Crippen LogP contribution < -0.4 is 0 Å². The zero-order valence-corrected chi connectivity index (χ0v) is 20.7. The summed E-state index contributed by atoms with van der Waals surface area (Å²) in [7, 11) is 0. The van der Waals surface area contributed by atoms with Crippen molar-refractivity contribution in [3.8, 4) is 11.1 Å². The Morgan fingerprint density at radius 1 is 0.848 bits per heavy atom. The van der Waals surface area contributed by atoms with Crippen LogP contribution in [-0.2, 0) is 9.53 Å². The molecule has 0 aromatic heterocycles. The van der Waals surface area contributed by atoms with Crippen LogP contribution in [0, 0.1) is 5.92 Å². The van der Waals surface area contributed by atoms with E-state index in [0.717, 1.165) is 36.7 Å². The van der Waals surface area contributed by atoms with Crippen molar-refractivity contribution in [1.29, 1.82) is 0 Å². The van der Waals surface area contributed by atoms with Gasteiger partial charge in [0.05, 0.1) is 6.10 Å². The number of ether oxygens (including phenoxy) is 1. The van der Waals surface area contributed by atoms with Gasteiger partial charge in [-0.2, -0.15) is 0 Å². The lowest BCUT2D eigenvalue weighted by Crippen LogP contribution is -2.16. The molecule has 0 heterocycles. The van der Waals surface area contributed by atoms with Gasteiger partial charge in [0.2, 0.25) is 0 Å². The number of allylic oxidation sites excluding steroid dienone is 1. The fourth-order valence-electron chi connectivity index (χ4n) is 5.70. The standard InChI is InChI=1S/C31H40O2/c1-4-5-23-6-8-24(9-7-23)25-10-12-26(13-11-25)27-14-16-28(17-15-27)29-18-20-30(21-19-29)31(32)33-22(2)3/h10-17,20,22-24,29H,4-9,18-19,21H2,1-3H3. The molecule has 2 aromatic rings. The molecule has 0 aliphatic heterocycles. The molecule has 0 N–H and O–H groups in total. The van der Waals surface area contributed by atoms with Crippen LogP contribution in [0.2, 0.25) is 0 Å². The summed E-state index contributed by atoms with van der Waals surface area (Å²) in [5, 5.41) is 0. The Morgan fingerprint density at radius 3 is 1.91 bits per heavy atom. The monoisotopic (exact) mass is 444 g/mol. The van der Waals surface area contributed by atoms with Crippen LogP contribution >= 0.6 is 0 Å². The van der Waals surface area contributed by atoms with Gasteiger partial charge in [-0.25, -0.2) is 4.79 Å². The number of carbonyl (C=O) groups is 1. The Balaban J connectivity index is 1.34. The number of carbonyl (C=O) groups excluding carboxylic acids is 1. The molecule has 0 spiro atoms. The maximum absolute atomic E-state index is 12.1. The minimum absolute atomic E-state index is 0.0569. The zero-order valence-electron chi connectivity index (χ0n) is 20.7. The fourth-order valence-corrected chi connectivity index (χ4v) is 5.70. The normalized spacial score (nSPS) is 23.3. The van der Waals surface area contributed by atoms with E-state index in [0.29, 0.717) is 5.92 Å². The lowest BCUT2D eigenvalue weighted by Gasteiger charge is -2.28. The van der Waals surface area contributed by atoms with Gasteiger partial charge in [0.15, 0.2) is 0 Å². The van der Waals surface area contributed by atoms with E-state index >= 15 is 0 Å². The number of esters is 1. The molecule has 0 bridgehead atoms. The average molecular weight is 445 g/mol. The summed E-state index contributed by atoms with van der Waals surface area (Å²) in [6, 6.07) is 18.4. The molecule has 4 rings (SSSR count). The van der Waals surface area contributed by atoms with Gasteiger partial charge in [0.25, 0.3) is 0 Å². The summed E-state index contributed by atoms with van der Waals surface area (Å²) in [6.45, 7) is 6.11. The second kappa shape index (κ2) is 11.2. The summed E-state index contributed by atoms with van der Waals surface area (Å²) in [5.41, 5.74) is 6.31. The molecule has 1 unspecified atom stereocenters. The first-order chi connectivity index (χ1) is 16.0. The molecule has 0 amide bonds. The van der Waals surface area contributed by atoms with Crippen LogP contribution in [0.5, 0.6) is 0 Å². The average Bonchev–Trinajstić information content (AvgIpc) is 2.85. The Morgan fingerprint density at radius 2 is 1.42 bits per heavy atom. The van der Waals surface area contributed by atoms with Crippen LogP contribution in [0.25, 0.3) is 11.1 Å². The molecule has 2 nitrogen and oxygen atoms in total. The Labute approximate surface area is 200 Å². The Kier molecular flexibility index (Phi) is 8.06. The van der Waals surface area contributed by atoms with Gasteiger partial charge in [0, 0.05) is 5.57 Å². The quantitative estimate of drug-likeness (QED) is 0.400. The van der Waals surface area contributed by atoms with Gasteiger partial charge in [-0.15, -0.1) is 0 Å². The molecular formula is C31H40O2.